The van der Waals surface area contributed by atoms with Gasteiger partial charge in [-0.2, -0.15) is 0 Å². The van der Waals surface area contributed by atoms with E-state index in [0.29, 0.717) is 12.1 Å². The molecule has 0 aliphatic heterocycles. The molecule has 0 atom stereocenters. The number of aromatic nitrogens is 3. The summed E-state index contributed by atoms with van der Waals surface area (Å²) in [5, 5.41) is 18.2. The van der Waals surface area contributed by atoms with Crippen molar-refractivity contribution in [1.29, 1.82) is 0 Å². The third-order valence-electron chi connectivity index (χ3n) is 4.00. The Balaban J connectivity index is 2.29. The molecule has 0 saturated heterocycles. The van der Waals surface area contributed by atoms with Gasteiger partial charge in [0, 0.05) is 19.1 Å². The summed E-state index contributed by atoms with van der Waals surface area (Å²) in [5.41, 5.74) is 0. The highest BCUT2D eigenvalue weighted by molar-refractivity contribution is 7.99. The average Bonchev–Trinajstić information content (AvgIpc) is 2.88. The van der Waals surface area contributed by atoms with E-state index in [2.05, 4.69) is 33.5 Å². The van der Waals surface area contributed by atoms with Crippen LogP contribution in [0, 0.1) is 0 Å². The van der Waals surface area contributed by atoms with Gasteiger partial charge in [-0.3, -0.25) is 9.36 Å². The Labute approximate surface area is 129 Å². The molecule has 6 nitrogen and oxygen atoms in total. The number of carboxylic acids is 1. The number of anilines is 1. The number of carbonyl (C=O) groups is 1. The molecular weight excluding hydrogens is 288 g/mol. The van der Waals surface area contributed by atoms with Crippen LogP contribution in [-0.2, 0) is 4.79 Å². The van der Waals surface area contributed by atoms with E-state index >= 15 is 0 Å². The van der Waals surface area contributed by atoms with E-state index in [4.69, 9.17) is 5.11 Å². The van der Waals surface area contributed by atoms with Gasteiger partial charge in [-0.15, -0.1) is 10.2 Å². The van der Waals surface area contributed by atoms with Gasteiger partial charge in [0.1, 0.15) is 0 Å². The Morgan fingerprint density at radius 2 is 2.05 bits per heavy atom. The molecule has 2 rings (SSSR count). The van der Waals surface area contributed by atoms with Crippen molar-refractivity contribution in [2.45, 2.75) is 63.2 Å². The maximum atomic E-state index is 10.8. The highest BCUT2D eigenvalue weighted by Crippen LogP contribution is 2.35. The summed E-state index contributed by atoms with van der Waals surface area (Å²) < 4.78 is 2.16. The summed E-state index contributed by atoms with van der Waals surface area (Å²) in [6.07, 6.45) is 5.97. The van der Waals surface area contributed by atoms with Gasteiger partial charge in [0.2, 0.25) is 5.95 Å². The topological polar surface area (TPSA) is 71.2 Å². The lowest BCUT2D eigenvalue weighted by Gasteiger charge is -2.29. The van der Waals surface area contributed by atoms with Crippen molar-refractivity contribution in [3.05, 3.63) is 0 Å². The zero-order valence-electron chi connectivity index (χ0n) is 12.9. The monoisotopic (exact) mass is 312 g/mol. The van der Waals surface area contributed by atoms with E-state index in [0.717, 1.165) is 23.9 Å². The molecular formula is C14H24N4O2S. The van der Waals surface area contributed by atoms with Crippen molar-refractivity contribution in [2.75, 3.05) is 17.7 Å². The van der Waals surface area contributed by atoms with E-state index < -0.39 is 5.97 Å². The van der Waals surface area contributed by atoms with E-state index in [-0.39, 0.29) is 5.75 Å². The fourth-order valence-electron chi connectivity index (χ4n) is 2.62. The van der Waals surface area contributed by atoms with Crippen LogP contribution in [0.2, 0.25) is 0 Å². The summed E-state index contributed by atoms with van der Waals surface area (Å²) in [5.74, 6) is 0.0534. The molecule has 1 fully saturated rings. The summed E-state index contributed by atoms with van der Waals surface area (Å²) in [6, 6.07) is 0.718. The lowest BCUT2D eigenvalue weighted by molar-refractivity contribution is -0.133. The minimum absolute atomic E-state index is 0.0241. The third kappa shape index (κ3) is 3.90. The Morgan fingerprint density at radius 1 is 1.38 bits per heavy atom. The number of nitrogens with zero attached hydrogens (tertiary/aromatic N) is 4. The minimum atomic E-state index is -0.822. The standard InChI is InChI=1S/C14H24N4O2S/c1-10(2)17(3)13-15-16-14(21-9-12(19)20)18(13)11-7-5-4-6-8-11/h10-11H,4-9H2,1-3H3,(H,19,20). The number of aliphatic carboxylic acids is 1. The molecule has 7 heteroatoms. The molecule has 21 heavy (non-hydrogen) atoms. The fourth-order valence-corrected chi connectivity index (χ4v) is 3.35. The number of hydrogen-bond donors (Lipinski definition) is 1. The predicted octanol–water partition coefficient (Wildman–Crippen LogP) is 2.80. The van der Waals surface area contributed by atoms with Crippen LogP contribution >= 0.6 is 11.8 Å². The zero-order valence-corrected chi connectivity index (χ0v) is 13.8. The number of hydrogen-bond acceptors (Lipinski definition) is 5. The van der Waals surface area contributed by atoms with Crippen LogP contribution in [0.4, 0.5) is 5.95 Å². The van der Waals surface area contributed by atoms with Crippen LogP contribution in [0.25, 0.3) is 0 Å². The Morgan fingerprint density at radius 3 is 2.62 bits per heavy atom. The largest absolute Gasteiger partial charge is 0.481 e. The molecule has 0 bridgehead atoms. The van der Waals surface area contributed by atoms with E-state index in [1.54, 1.807) is 0 Å². The summed E-state index contributed by atoms with van der Waals surface area (Å²) in [7, 11) is 2.01. The van der Waals surface area contributed by atoms with Gasteiger partial charge >= 0.3 is 5.97 Å². The summed E-state index contributed by atoms with van der Waals surface area (Å²) in [4.78, 5) is 12.9. The fraction of sp³-hybridized carbons (Fsp3) is 0.786. The molecule has 0 aromatic carbocycles. The van der Waals surface area contributed by atoms with E-state index in [1.807, 2.05) is 7.05 Å². The number of rotatable bonds is 6. The molecule has 0 radical (unpaired) electrons. The lowest BCUT2D eigenvalue weighted by atomic mass is 9.95. The molecule has 1 heterocycles. The summed E-state index contributed by atoms with van der Waals surface area (Å²) in [6.45, 7) is 4.23. The van der Waals surface area contributed by atoms with Gasteiger partial charge in [0.05, 0.1) is 5.75 Å². The van der Waals surface area contributed by atoms with Gasteiger partial charge < -0.3 is 10.0 Å². The van der Waals surface area contributed by atoms with Crippen molar-refractivity contribution in [2.24, 2.45) is 0 Å². The highest BCUT2D eigenvalue weighted by Gasteiger charge is 2.25. The molecule has 118 valence electrons. The van der Waals surface area contributed by atoms with Crippen molar-refractivity contribution in [3.63, 3.8) is 0 Å². The first-order chi connectivity index (χ1) is 10.0. The smallest absolute Gasteiger partial charge is 0.313 e. The van der Waals surface area contributed by atoms with Crippen LogP contribution in [-0.4, -0.2) is 44.7 Å². The predicted molar refractivity (Wildman–Crippen MR) is 84.0 cm³/mol. The molecule has 1 aliphatic carbocycles. The Kier molecular flexibility index (Phi) is 5.50. The van der Waals surface area contributed by atoms with Crippen LogP contribution in [0.1, 0.15) is 52.0 Å². The van der Waals surface area contributed by atoms with Crippen molar-refractivity contribution >= 4 is 23.7 Å². The van der Waals surface area contributed by atoms with E-state index in [1.165, 1.54) is 31.0 Å². The van der Waals surface area contributed by atoms with Gasteiger partial charge in [0.25, 0.3) is 0 Å². The van der Waals surface area contributed by atoms with Crippen molar-refractivity contribution in [3.8, 4) is 0 Å². The molecule has 1 aromatic heterocycles. The second kappa shape index (κ2) is 7.15. The van der Waals surface area contributed by atoms with Crippen molar-refractivity contribution in [1.82, 2.24) is 14.8 Å². The molecule has 1 saturated carbocycles. The number of carboxylic acid groups (broad SMARTS) is 1. The zero-order chi connectivity index (χ0) is 15.4. The minimum Gasteiger partial charge on any atom is -0.481 e. The van der Waals surface area contributed by atoms with Crippen LogP contribution in [0.5, 0.6) is 0 Å². The lowest BCUT2D eigenvalue weighted by Crippen LogP contribution is -2.30. The quantitative estimate of drug-likeness (QED) is 0.814. The SMILES string of the molecule is CC(C)N(C)c1nnc(SCC(=O)O)n1C1CCCCC1. The van der Waals surface area contributed by atoms with Crippen LogP contribution in [0.3, 0.4) is 0 Å². The van der Waals surface area contributed by atoms with Crippen molar-refractivity contribution < 1.29 is 9.90 Å². The van der Waals surface area contributed by atoms with Gasteiger partial charge in [0.15, 0.2) is 5.16 Å². The van der Waals surface area contributed by atoms with Gasteiger partial charge in [-0.25, -0.2) is 0 Å². The second-order valence-corrected chi connectivity index (χ2v) is 6.77. The second-order valence-electron chi connectivity index (χ2n) is 5.83. The summed E-state index contributed by atoms with van der Waals surface area (Å²) >= 11 is 1.26. The van der Waals surface area contributed by atoms with Gasteiger partial charge in [-0.1, -0.05) is 31.0 Å². The Bertz CT molecular complexity index is 483. The third-order valence-corrected chi connectivity index (χ3v) is 4.93. The molecule has 1 aromatic rings. The molecule has 1 aliphatic rings. The molecule has 0 unspecified atom stereocenters. The average molecular weight is 312 g/mol. The normalized spacial score (nSPS) is 16.4. The first kappa shape index (κ1) is 16.1. The van der Waals surface area contributed by atoms with Crippen LogP contribution in [0.15, 0.2) is 5.16 Å². The molecule has 1 N–H and O–H groups in total. The maximum Gasteiger partial charge on any atom is 0.313 e. The first-order valence-corrected chi connectivity index (χ1v) is 8.51. The highest BCUT2D eigenvalue weighted by atomic mass is 32.2. The maximum absolute atomic E-state index is 10.8. The van der Waals surface area contributed by atoms with Gasteiger partial charge in [-0.05, 0) is 26.7 Å². The Hall–Kier alpha value is -1.24. The number of thioether (sulfide) groups is 1. The first-order valence-electron chi connectivity index (χ1n) is 7.53. The van der Waals surface area contributed by atoms with Crippen LogP contribution < -0.4 is 4.90 Å². The molecule has 0 amide bonds. The molecule has 0 spiro atoms. The van der Waals surface area contributed by atoms with E-state index in [9.17, 15) is 4.79 Å².